The first-order valence-electron chi connectivity index (χ1n) is 7.20. The third kappa shape index (κ3) is 2.62. The minimum Gasteiger partial charge on any atom is -0.326 e. The van der Waals surface area contributed by atoms with Gasteiger partial charge in [0.25, 0.3) is 0 Å². The lowest BCUT2D eigenvalue weighted by Gasteiger charge is -2.15. The predicted octanol–water partition coefficient (Wildman–Crippen LogP) is 2.16. The van der Waals surface area contributed by atoms with Gasteiger partial charge in [0.1, 0.15) is 0 Å². The van der Waals surface area contributed by atoms with Crippen molar-refractivity contribution in [2.24, 2.45) is 11.7 Å². The van der Waals surface area contributed by atoms with Crippen LogP contribution in [0.25, 0.3) is 11.3 Å². The van der Waals surface area contributed by atoms with Crippen molar-refractivity contribution in [3.63, 3.8) is 0 Å². The van der Waals surface area contributed by atoms with Crippen LogP contribution < -0.4 is 5.73 Å². The Morgan fingerprint density at radius 3 is 2.70 bits per heavy atom. The summed E-state index contributed by atoms with van der Waals surface area (Å²) in [7, 11) is 0. The first-order chi connectivity index (χ1) is 9.63. The van der Waals surface area contributed by atoms with Crippen LogP contribution in [0.2, 0.25) is 0 Å². The molecule has 0 spiro atoms. The highest BCUT2D eigenvalue weighted by molar-refractivity contribution is 5.62. The van der Waals surface area contributed by atoms with Gasteiger partial charge in [-0.3, -0.25) is 10.00 Å². The number of aromatic amines is 1. The van der Waals surface area contributed by atoms with Gasteiger partial charge in [0.05, 0.1) is 11.9 Å². The van der Waals surface area contributed by atoms with Crippen LogP contribution in [0.3, 0.4) is 0 Å². The van der Waals surface area contributed by atoms with Gasteiger partial charge >= 0.3 is 0 Å². The number of benzene rings is 1. The highest BCUT2D eigenvalue weighted by atomic mass is 15.2. The lowest BCUT2D eigenvalue weighted by atomic mass is 10.1. The van der Waals surface area contributed by atoms with Gasteiger partial charge in [-0.15, -0.1) is 0 Å². The van der Waals surface area contributed by atoms with Crippen molar-refractivity contribution in [2.75, 3.05) is 13.1 Å². The second-order valence-electron chi connectivity index (χ2n) is 5.97. The molecule has 1 aromatic carbocycles. The van der Waals surface area contributed by atoms with Crippen LogP contribution in [0, 0.1) is 12.8 Å². The van der Waals surface area contributed by atoms with Gasteiger partial charge in [-0.1, -0.05) is 36.8 Å². The normalized spacial score (nSPS) is 23.4. The predicted molar refractivity (Wildman–Crippen MR) is 81.2 cm³/mol. The van der Waals surface area contributed by atoms with Crippen molar-refractivity contribution in [3.05, 3.63) is 41.6 Å². The highest BCUT2D eigenvalue weighted by Crippen LogP contribution is 2.24. The fourth-order valence-electron chi connectivity index (χ4n) is 2.87. The van der Waals surface area contributed by atoms with E-state index in [1.807, 2.05) is 6.20 Å². The van der Waals surface area contributed by atoms with Crippen molar-refractivity contribution >= 4 is 0 Å². The number of aromatic nitrogens is 2. The zero-order chi connectivity index (χ0) is 14.1. The quantitative estimate of drug-likeness (QED) is 0.898. The first kappa shape index (κ1) is 13.3. The second-order valence-corrected chi connectivity index (χ2v) is 5.97. The van der Waals surface area contributed by atoms with Gasteiger partial charge in [0.15, 0.2) is 0 Å². The van der Waals surface area contributed by atoms with Gasteiger partial charge in [-0.05, 0) is 18.4 Å². The Kier molecular flexibility index (Phi) is 3.59. The standard InChI is InChI=1S/C16H22N4/c1-11-3-5-13(6-4-11)16-14(7-18-19-16)9-20-8-12(2)15(17)10-20/h3-7,12,15H,8-10,17H2,1-2H3,(H,18,19). The summed E-state index contributed by atoms with van der Waals surface area (Å²) in [6, 6.07) is 8.85. The maximum atomic E-state index is 6.10. The molecule has 20 heavy (non-hydrogen) atoms. The SMILES string of the molecule is Cc1ccc(-c2[nH]ncc2CN2CC(C)C(N)C2)cc1. The number of H-pyrrole nitrogens is 1. The summed E-state index contributed by atoms with van der Waals surface area (Å²) in [5, 5.41) is 7.35. The van der Waals surface area contributed by atoms with E-state index in [-0.39, 0.29) is 0 Å². The maximum absolute atomic E-state index is 6.10. The van der Waals surface area contributed by atoms with Crippen LogP contribution in [0.15, 0.2) is 30.5 Å². The molecular formula is C16H22N4. The Balaban J connectivity index is 1.79. The smallest absolute Gasteiger partial charge is 0.0695 e. The molecule has 4 heteroatoms. The summed E-state index contributed by atoms with van der Waals surface area (Å²) >= 11 is 0. The van der Waals surface area contributed by atoms with E-state index in [1.165, 1.54) is 16.7 Å². The van der Waals surface area contributed by atoms with Gasteiger partial charge in [-0.2, -0.15) is 5.10 Å². The first-order valence-corrected chi connectivity index (χ1v) is 7.20. The van der Waals surface area contributed by atoms with Crippen LogP contribution in [0.4, 0.5) is 0 Å². The molecule has 2 unspecified atom stereocenters. The number of rotatable bonds is 3. The van der Waals surface area contributed by atoms with Gasteiger partial charge in [0, 0.05) is 31.2 Å². The molecule has 2 atom stereocenters. The van der Waals surface area contributed by atoms with Crippen molar-refractivity contribution in [2.45, 2.75) is 26.4 Å². The van der Waals surface area contributed by atoms with Crippen LogP contribution in [0.5, 0.6) is 0 Å². The molecule has 1 saturated heterocycles. The number of hydrogen-bond acceptors (Lipinski definition) is 3. The van der Waals surface area contributed by atoms with Crippen molar-refractivity contribution in [1.82, 2.24) is 15.1 Å². The van der Waals surface area contributed by atoms with Crippen molar-refractivity contribution in [1.29, 1.82) is 0 Å². The van der Waals surface area contributed by atoms with E-state index in [1.54, 1.807) is 0 Å². The molecule has 0 aliphatic carbocycles. The molecular weight excluding hydrogens is 248 g/mol. The molecule has 0 bridgehead atoms. The summed E-state index contributed by atoms with van der Waals surface area (Å²) in [5.74, 6) is 0.574. The van der Waals surface area contributed by atoms with E-state index in [2.05, 4.69) is 53.2 Å². The molecule has 0 amide bonds. The Bertz CT molecular complexity index is 562. The van der Waals surface area contributed by atoms with E-state index in [9.17, 15) is 0 Å². The summed E-state index contributed by atoms with van der Waals surface area (Å²) in [5.41, 5.74) is 10.9. The fourth-order valence-corrected chi connectivity index (χ4v) is 2.87. The molecule has 0 saturated carbocycles. The molecule has 1 aliphatic rings. The number of nitrogens with zero attached hydrogens (tertiary/aromatic N) is 2. The largest absolute Gasteiger partial charge is 0.326 e. The summed E-state index contributed by atoms with van der Waals surface area (Å²) < 4.78 is 0. The molecule has 1 fully saturated rings. The number of likely N-dealkylation sites (tertiary alicyclic amines) is 1. The van der Waals surface area contributed by atoms with Crippen LogP contribution in [-0.4, -0.2) is 34.2 Å². The molecule has 3 N–H and O–H groups in total. The molecule has 106 valence electrons. The molecule has 4 nitrogen and oxygen atoms in total. The Morgan fingerprint density at radius 1 is 1.30 bits per heavy atom. The maximum Gasteiger partial charge on any atom is 0.0695 e. The lowest BCUT2D eigenvalue weighted by molar-refractivity contribution is 0.319. The Hall–Kier alpha value is -1.65. The summed E-state index contributed by atoms with van der Waals surface area (Å²) in [6.45, 7) is 7.28. The van der Waals surface area contributed by atoms with E-state index in [0.29, 0.717) is 12.0 Å². The zero-order valence-electron chi connectivity index (χ0n) is 12.1. The second kappa shape index (κ2) is 5.38. The molecule has 1 aliphatic heterocycles. The number of nitrogens with one attached hydrogen (secondary N) is 1. The minimum atomic E-state index is 0.296. The van der Waals surface area contributed by atoms with E-state index in [4.69, 9.17) is 5.73 Å². The molecule has 1 aromatic heterocycles. The molecule has 2 heterocycles. The summed E-state index contributed by atoms with van der Waals surface area (Å²) in [6.07, 6.45) is 1.93. The topological polar surface area (TPSA) is 57.9 Å². The third-order valence-corrected chi connectivity index (χ3v) is 4.20. The fraction of sp³-hybridized carbons (Fsp3) is 0.438. The van der Waals surface area contributed by atoms with Crippen LogP contribution >= 0.6 is 0 Å². The lowest BCUT2D eigenvalue weighted by Crippen LogP contribution is -2.28. The number of aryl methyl sites for hydroxylation is 1. The number of nitrogens with two attached hydrogens (primary N) is 1. The minimum absolute atomic E-state index is 0.296. The third-order valence-electron chi connectivity index (χ3n) is 4.20. The zero-order valence-corrected chi connectivity index (χ0v) is 12.1. The Morgan fingerprint density at radius 2 is 2.05 bits per heavy atom. The highest BCUT2D eigenvalue weighted by Gasteiger charge is 2.27. The van der Waals surface area contributed by atoms with E-state index in [0.717, 1.165) is 25.3 Å². The van der Waals surface area contributed by atoms with Crippen molar-refractivity contribution < 1.29 is 0 Å². The molecule has 0 radical (unpaired) electrons. The average molecular weight is 270 g/mol. The average Bonchev–Trinajstić information content (AvgIpc) is 2.99. The monoisotopic (exact) mass is 270 g/mol. The number of hydrogen-bond donors (Lipinski definition) is 2. The van der Waals surface area contributed by atoms with Gasteiger partial charge in [-0.25, -0.2) is 0 Å². The van der Waals surface area contributed by atoms with Gasteiger partial charge in [0.2, 0.25) is 0 Å². The molecule has 2 aromatic rings. The van der Waals surface area contributed by atoms with Crippen LogP contribution in [-0.2, 0) is 6.54 Å². The van der Waals surface area contributed by atoms with Crippen molar-refractivity contribution in [3.8, 4) is 11.3 Å². The van der Waals surface area contributed by atoms with Crippen LogP contribution in [0.1, 0.15) is 18.1 Å². The van der Waals surface area contributed by atoms with E-state index >= 15 is 0 Å². The Labute approximate surface area is 120 Å². The molecule has 3 rings (SSSR count). The summed E-state index contributed by atoms with van der Waals surface area (Å²) in [4.78, 5) is 2.41. The van der Waals surface area contributed by atoms with Gasteiger partial charge < -0.3 is 5.73 Å². The van der Waals surface area contributed by atoms with E-state index < -0.39 is 0 Å².